The van der Waals surface area contributed by atoms with Gasteiger partial charge in [0.2, 0.25) is 0 Å². The van der Waals surface area contributed by atoms with Crippen LogP contribution in [-0.2, 0) is 9.59 Å². The summed E-state index contributed by atoms with van der Waals surface area (Å²) in [7, 11) is 0. The number of hydrogen-bond donors (Lipinski definition) is 2. The van der Waals surface area contributed by atoms with E-state index in [0.29, 0.717) is 6.54 Å². The van der Waals surface area contributed by atoms with Crippen LogP contribution in [0.3, 0.4) is 0 Å². The average molecular weight is 375 g/mol. The van der Waals surface area contributed by atoms with Gasteiger partial charge < -0.3 is 15.5 Å². The van der Waals surface area contributed by atoms with Crippen molar-refractivity contribution in [3.63, 3.8) is 0 Å². The predicted octanol–water partition coefficient (Wildman–Crippen LogP) is 1.73. The molecular formula is C18H19F2N5O2. The second-order valence-electron chi connectivity index (χ2n) is 6.28. The van der Waals surface area contributed by atoms with Crippen LogP contribution < -0.4 is 15.5 Å². The number of halogens is 2. The standard InChI is InChI=1S/C18H19F2N5O2/c19-13-1-2-14(20)15(9-13)24-18(27)17(26)23-10-12-3-7-25(8-4-12)16-11-21-5-6-22-16/h1-2,5-6,9,11-12H,3-4,7-8,10H2,(H,23,26)(H,24,27). The molecule has 2 aromatic rings. The van der Waals surface area contributed by atoms with Crippen molar-refractivity contribution in [3.8, 4) is 0 Å². The van der Waals surface area contributed by atoms with E-state index < -0.39 is 23.4 Å². The Morgan fingerprint density at radius 1 is 1.15 bits per heavy atom. The molecule has 9 heteroatoms. The smallest absolute Gasteiger partial charge is 0.313 e. The average Bonchev–Trinajstić information content (AvgIpc) is 2.70. The van der Waals surface area contributed by atoms with E-state index in [-0.39, 0.29) is 11.6 Å². The van der Waals surface area contributed by atoms with Gasteiger partial charge in [0.05, 0.1) is 11.9 Å². The van der Waals surface area contributed by atoms with Gasteiger partial charge in [0.1, 0.15) is 17.5 Å². The quantitative estimate of drug-likeness (QED) is 0.795. The zero-order chi connectivity index (χ0) is 19.2. The Morgan fingerprint density at radius 2 is 1.93 bits per heavy atom. The van der Waals surface area contributed by atoms with Crippen LogP contribution in [0.1, 0.15) is 12.8 Å². The Morgan fingerprint density at radius 3 is 2.63 bits per heavy atom. The first-order valence-corrected chi connectivity index (χ1v) is 8.58. The summed E-state index contributed by atoms with van der Waals surface area (Å²) in [4.78, 5) is 34.2. The molecule has 0 spiro atoms. The zero-order valence-corrected chi connectivity index (χ0v) is 14.5. The zero-order valence-electron chi connectivity index (χ0n) is 14.5. The molecule has 1 aliphatic heterocycles. The molecule has 1 aliphatic rings. The molecule has 0 aliphatic carbocycles. The molecule has 0 saturated carbocycles. The molecule has 1 aromatic heterocycles. The van der Waals surface area contributed by atoms with Crippen molar-refractivity contribution >= 4 is 23.3 Å². The second-order valence-corrected chi connectivity index (χ2v) is 6.28. The highest BCUT2D eigenvalue weighted by Gasteiger charge is 2.22. The molecule has 27 heavy (non-hydrogen) atoms. The minimum absolute atomic E-state index is 0.223. The molecule has 2 amide bonds. The molecule has 7 nitrogen and oxygen atoms in total. The molecule has 0 radical (unpaired) electrons. The van der Waals surface area contributed by atoms with Gasteiger partial charge in [-0.2, -0.15) is 0 Å². The van der Waals surface area contributed by atoms with E-state index in [1.54, 1.807) is 18.6 Å². The summed E-state index contributed by atoms with van der Waals surface area (Å²) < 4.78 is 26.6. The number of rotatable bonds is 4. The van der Waals surface area contributed by atoms with Crippen molar-refractivity contribution in [3.05, 3.63) is 48.4 Å². The van der Waals surface area contributed by atoms with Crippen molar-refractivity contribution in [1.29, 1.82) is 0 Å². The third kappa shape index (κ3) is 4.96. The summed E-state index contributed by atoms with van der Waals surface area (Å²) in [5, 5.41) is 4.63. The first-order valence-electron chi connectivity index (χ1n) is 8.58. The molecule has 2 heterocycles. The van der Waals surface area contributed by atoms with Crippen LogP contribution in [0, 0.1) is 17.6 Å². The van der Waals surface area contributed by atoms with E-state index in [4.69, 9.17) is 0 Å². The molecule has 3 rings (SSSR count). The molecule has 1 aromatic carbocycles. The number of benzene rings is 1. The highest BCUT2D eigenvalue weighted by Crippen LogP contribution is 2.20. The van der Waals surface area contributed by atoms with Crippen LogP contribution in [0.25, 0.3) is 0 Å². The van der Waals surface area contributed by atoms with Crippen LogP contribution >= 0.6 is 0 Å². The molecule has 2 N–H and O–H groups in total. The number of anilines is 2. The maximum atomic E-state index is 13.5. The number of carbonyl (C=O) groups excluding carboxylic acids is 2. The summed E-state index contributed by atoms with van der Waals surface area (Å²) in [5.74, 6) is -2.39. The summed E-state index contributed by atoms with van der Waals surface area (Å²) >= 11 is 0. The molecule has 1 saturated heterocycles. The Balaban J connectivity index is 1.44. The van der Waals surface area contributed by atoms with Gasteiger partial charge in [0.25, 0.3) is 0 Å². The SMILES string of the molecule is O=C(NCC1CCN(c2cnccn2)CC1)C(=O)Nc1cc(F)ccc1F. The van der Waals surface area contributed by atoms with Crippen molar-refractivity contribution in [1.82, 2.24) is 15.3 Å². The predicted molar refractivity (Wildman–Crippen MR) is 95.0 cm³/mol. The third-order valence-corrected chi connectivity index (χ3v) is 4.42. The number of hydrogen-bond acceptors (Lipinski definition) is 5. The number of nitrogens with zero attached hydrogens (tertiary/aromatic N) is 3. The fourth-order valence-electron chi connectivity index (χ4n) is 2.91. The summed E-state index contributed by atoms with van der Waals surface area (Å²) in [5.41, 5.74) is -0.368. The maximum Gasteiger partial charge on any atom is 0.313 e. The van der Waals surface area contributed by atoms with E-state index in [1.165, 1.54) is 0 Å². The van der Waals surface area contributed by atoms with E-state index in [0.717, 1.165) is 49.9 Å². The lowest BCUT2D eigenvalue weighted by Crippen LogP contribution is -2.42. The number of nitrogens with one attached hydrogen (secondary N) is 2. The number of amides is 2. The summed E-state index contributed by atoms with van der Waals surface area (Å²) in [6.07, 6.45) is 6.63. The Kier molecular flexibility index (Phi) is 5.90. The highest BCUT2D eigenvalue weighted by molar-refractivity contribution is 6.39. The molecule has 1 fully saturated rings. The molecular weight excluding hydrogens is 356 g/mol. The Bertz CT molecular complexity index is 811. The van der Waals surface area contributed by atoms with Gasteiger partial charge in [-0.25, -0.2) is 13.8 Å². The highest BCUT2D eigenvalue weighted by atomic mass is 19.1. The number of aromatic nitrogens is 2. The molecule has 0 bridgehead atoms. The molecule has 142 valence electrons. The molecule has 0 atom stereocenters. The van der Waals surface area contributed by atoms with Crippen LogP contribution in [0.15, 0.2) is 36.8 Å². The van der Waals surface area contributed by atoms with Crippen molar-refractivity contribution in [2.24, 2.45) is 5.92 Å². The summed E-state index contributed by atoms with van der Waals surface area (Å²) in [6, 6.07) is 2.63. The lowest BCUT2D eigenvalue weighted by molar-refractivity contribution is -0.136. The van der Waals surface area contributed by atoms with E-state index in [1.807, 2.05) is 0 Å². The van der Waals surface area contributed by atoms with E-state index >= 15 is 0 Å². The molecule has 0 unspecified atom stereocenters. The van der Waals surface area contributed by atoms with E-state index in [2.05, 4.69) is 25.5 Å². The van der Waals surface area contributed by atoms with Crippen molar-refractivity contribution in [2.75, 3.05) is 29.9 Å². The van der Waals surface area contributed by atoms with Gasteiger partial charge in [0.15, 0.2) is 0 Å². The van der Waals surface area contributed by atoms with Crippen LogP contribution in [0.2, 0.25) is 0 Å². The normalized spacial score (nSPS) is 14.7. The Labute approximate surface area is 154 Å². The first-order chi connectivity index (χ1) is 13.0. The number of piperidine rings is 1. The number of carbonyl (C=O) groups is 2. The maximum absolute atomic E-state index is 13.5. The van der Waals surface area contributed by atoms with Crippen molar-refractivity contribution < 1.29 is 18.4 Å². The van der Waals surface area contributed by atoms with Gasteiger partial charge >= 0.3 is 11.8 Å². The minimum Gasteiger partial charge on any atom is -0.355 e. The van der Waals surface area contributed by atoms with Crippen LogP contribution in [0.5, 0.6) is 0 Å². The van der Waals surface area contributed by atoms with Gasteiger partial charge in [0, 0.05) is 38.1 Å². The van der Waals surface area contributed by atoms with Gasteiger partial charge in [-0.05, 0) is 30.9 Å². The fourth-order valence-corrected chi connectivity index (χ4v) is 2.91. The topological polar surface area (TPSA) is 87.2 Å². The van der Waals surface area contributed by atoms with Crippen LogP contribution in [-0.4, -0.2) is 41.4 Å². The third-order valence-electron chi connectivity index (χ3n) is 4.42. The largest absolute Gasteiger partial charge is 0.355 e. The summed E-state index contributed by atoms with van der Waals surface area (Å²) in [6.45, 7) is 1.89. The van der Waals surface area contributed by atoms with Gasteiger partial charge in [-0.3, -0.25) is 14.6 Å². The van der Waals surface area contributed by atoms with Gasteiger partial charge in [-0.1, -0.05) is 0 Å². The van der Waals surface area contributed by atoms with Crippen molar-refractivity contribution in [2.45, 2.75) is 12.8 Å². The Hall–Kier alpha value is -3.10. The minimum atomic E-state index is -1.03. The van der Waals surface area contributed by atoms with Gasteiger partial charge in [-0.15, -0.1) is 0 Å². The van der Waals surface area contributed by atoms with Crippen LogP contribution in [0.4, 0.5) is 20.3 Å². The fraction of sp³-hybridized carbons (Fsp3) is 0.333. The monoisotopic (exact) mass is 375 g/mol. The first kappa shape index (κ1) is 18.7. The van der Waals surface area contributed by atoms with E-state index in [9.17, 15) is 18.4 Å². The lowest BCUT2D eigenvalue weighted by Gasteiger charge is -2.32. The second kappa shape index (κ2) is 8.52. The lowest BCUT2D eigenvalue weighted by atomic mass is 9.97.